The second-order valence-electron chi connectivity index (χ2n) is 13.7. The van der Waals surface area contributed by atoms with Gasteiger partial charge in [-0.25, -0.2) is 4.98 Å². The first-order valence-electron chi connectivity index (χ1n) is 16.7. The summed E-state index contributed by atoms with van der Waals surface area (Å²) in [4.78, 5) is 29.2. The zero-order chi connectivity index (χ0) is 34.0. The fourth-order valence-corrected chi connectivity index (χ4v) is 7.62. The summed E-state index contributed by atoms with van der Waals surface area (Å²) in [5.74, 6) is 0. The smallest absolute Gasteiger partial charge is 0.152 e. The standard InChI is InChI=1S/C44H38N4O/c1-24-13-25(2)17-30(16-24)41-35-8-7-34(45-35)40-22-33(23-49)44(48-40)43(32-20-28(5)15-29(6)21-32)39-12-11-38(47-39)42(37-10-9-36(41)46-37)31-18-26(3)14-27(4)19-31/h7-23,46-48H,1-6H3. The summed E-state index contributed by atoms with van der Waals surface area (Å²) in [5.41, 5.74) is 21.0. The van der Waals surface area contributed by atoms with Crippen LogP contribution in [0, 0.1) is 41.5 Å². The van der Waals surface area contributed by atoms with Crippen molar-refractivity contribution in [1.29, 1.82) is 0 Å². The van der Waals surface area contributed by atoms with Gasteiger partial charge in [0.05, 0.1) is 22.4 Å². The van der Waals surface area contributed by atoms with Crippen LogP contribution in [0.3, 0.4) is 0 Å². The lowest BCUT2D eigenvalue weighted by molar-refractivity contribution is 0.112. The number of carbonyl (C=O) groups excluding carboxylic acids is 1. The summed E-state index contributed by atoms with van der Waals surface area (Å²) in [6.45, 7) is 12.8. The molecule has 240 valence electrons. The van der Waals surface area contributed by atoms with E-state index in [1.54, 1.807) is 0 Å². The van der Waals surface area contributed by atoms with Crippen molar-refractivity contribution in [3.63, 3.8) is 0 Å². The van der Waals surface area contributed by atoms with Crippen LogP contribution in [0.2, 0.25) is 0 Å². The van der Waals surface area contributed by atoms with Crippen molar-refractivity contribution in [2.45, 2.75) is 41.5 Å². The van der Waals surface area contributed by atoms with Gasteiger partial charge >= 0.3 is 0 Å². The Kier molecular flexibility index (Phi) is 7.22. The SMILES string of the molecule is Cc1cc(C)cc(-c2c3nc(c4cc(C=O)c([nH]4)c(-c4cc(C)cc(C)c4)c4ccc([nH]4)c(-c4cc(C)cc(C)c4)c4ccc2[nH]4)C=C3)c1. The minimum atomic E-state index is 0.584. The van der Waals surface area contributed by atoms with Gasteiger partial charge in [0.25, 0.3) is 0 Å². The molecule has 1 aliphatic rings. The van der Waals surface area contributed by atoms with E-state index in [4.69, 9.17) is 4.98 Å². The Morgan fingerprint density at radius 3 is 1.35 bits per heavy atom. The van der Waals surface area contributed by atoms with Crippen LogP contribution in [0.15, 0.2) is 84.9 Å². The van der Waals surface area contributed by atoms with Gasteiger partial charge in [0, 0.05) is 44.3 Å². The number of aldehydes is 1. The van der Waals surface area contributed by atoms with Gasteiger partial charge in [0.2, 0.25) is 0 Å². The molecule has 7 aromatic rings. The molecule has 8 rings (SSSR count). The summed E-state index contributed by atoms with van der Waals surface area (Å²) >= 11 is 0. The predicted molar refractivity (Wildman–Crippen MR) is 205 cm³/mol. The van der Waals surface area contributed by atoms with E-state index in [9.17, 15) is 4.79 Å². The third-order valence-corrected chi connectivity index (χ3v) is 9.38. The van der Waals surface area contributed by atoms with Crippen LogP contribution in [-0.2, 0) is 0 Å². The van der Waals surface area contributed by atoms with Gasteiger partial charge in [-0.1, -0.05) is 88.0 Å². The summed E-state index contributed by atoms with van der Waals surface area (Å²) in [6.07, 6.45) is 5.05. The van der Waals surface area contributed by atoms with Crippen molar-refractivity contribution < 1.29 is 4.79 Å². The molecule has 0 radical (unpaired) electrons. The van der Waals surface area contributed by atoms with E-state index in [0.29, 0.717) is 5.56 Å². The molecule has 8 bridgehead atoms. The van der Waals surface area contributed by atoms with Gasteiger partial charge < -0.3 is 15.0 Å². The number of hydrogen-bond donors (Lipinski definition) is 3. The molecule has 4 aromatic heterocycles. The van der Waals surface area contributed by atoms with Crippen LogP contribution < -0.4 is 0 Å². The molecule has 0 saturated carbocycles. The van der Waals surface area contributed by atoms with Crippen LogP contribution in [0.25, 0.3) is 78.6 Å². The number of aryl methyl sites for hydroxylation is 6. The van der Waals surface area contributed by atoms with Crippen LogP contribution in [-0.4, -0.2) is 26.2 Å². The average Bonchev–Trinajstić information content (AvgIpc) is 3.85. The van der Waals surface area contributed by atoms with Crippen molar-refractivity contribution in [1.82, 2.24) is 19.9 Å². The molecule has 1 aliphatic heterocycles. The molecule has 0 fully saturated rings. The lowest BCUT2D eigenvalue weighted by Crippen LogP contribution is -1.88. The molecule has 5 heterocycles. The highest BCUT2D eigenvalue weighted by atomic mass is 16.1. The molecule has 0 spiro atoms. The summed E-state index contributed by atoms with van der Waals surface area (Å²) in [7, 11) is 0. The van der Waals surface area contributed by atoms with Crippen molar-refractivity contribution >= 4 is 51.5 Å². The Labute approximate surface area is 285 Å². The first-order chi connectivity index (χ1) is 23.6. The third kappa shape index (κ3) is 5.47. The highest BCUT2D eigenvalue weighted by Gasteiger charge is 2.18. The minimum absolute atomic E-state index is 0.584. The maximum Gasteiger partial charge on any atom is 0.152 e. The minimum Gasteiger partial charge on any atom is -0.354 e. The number of carbonyl (C=O) groups is 1. The molecule has 0 amide bonds. The summed E-state index contributed by atoms with van der Waals surface area (Å²) in [5, 5.41) is 0. The second-order valence-corrected chi connectivity index (χ2v) is 13.7. The van der Waals surface area contributed by atoms with Crippen LogP contribution in [0.4, 0.5) is 0 Å². The van der Waals surface area contributed by atoms with Crippen molar-refractivity contribution in [3.05, 3.63) is 135 Å². The number of aromatic amines is 3. The largest absolute Gasteiger partial charge is 0.354 e. The van der Waals surface area contributed by atoms with E-state index >= 15 is 0 Å². The number of rotatable bonds is 4. The quantitative estimate of drug-likeness (QED) is 0.168. The molecule has 0 saturated heterocycles. The second kappa shape index (κ2) is 11.6. The molecule has 49 heavy (non-hydrogen) atoms. The average molecular weight is 639 g/mol. The summed E-state index contributed by atoms with van der Waals surface area (Å²) in [6, 6.07) is 30.4. The molecule has 0 atom stereocenters. The van der Waals surface area contributed by atoms with E-state index in [0.717, 1.165) is 95.3 Å². The number of hydrogen-bond acceptors (Lipinski definition) is 2. The molecule has 0 aliphatic carbocycles. The third-order valence-electron chi connectivity index (χ3n) is 9.38. The number of nitrogens with zero attached hydrogens (tertiary/aromatic N) is 1. The zero-order valence-corrected chi connectivity index (χ0v) is 28.7. The predicted octanol–water partition coefficient (Wildman–Crippen LogP) is 11.4. The first kappa shape index (κ1) is 30.4. The van der Waals surface area contributed by atoms with Crippen LogP contribution in [0.5, 0.6) is 0 Å². The lowest BCUT2D eigenvalue weighted by atomic mass is 9.99. The van der Waals surface area contributed by atoms with E-state index in [1.807, 2.05) is 12.1 Å². The highest BCUT2D eigenvalue weighted by Crippen LogP contribution is 2.37. The van der Waals surface area contributed by atoms with Gasteiger partial charge in [-0.05, 0) is 101 Å². The van der Waals surface area contributed by atoms with E-state index in [2.05, 4.69) is 141 Å². The van der Waals surface area contributed by atoms with Crippen molar-refractivity contribution in [2.24, 2.45) is 0 Å². The number of H-pyrrole nitrogens is 3. The number of benzene rings is 3. The topological polar surface area (TPSA) is 77.3 Å². The van der Waals surface area contributed by atoms with Crippen molar-refractivity contribution in [2.75, 3.05) is 0 Å². The molecule has 0 unspecified atom stereocenters. The molecular formula is C44H38N4O. The van der Waals surface area contributed by atoms with Gasteiger partial charge in [0.15, 0.2) is 6.29 Å². The molecule has 5 heteroatoms. The number of fused-ring (bicyclic) bond motifs is 9. The Bertz CT molecular complexity index is 2580. The van der Waals surface area contributed by atoms with Crippen LogP contribution in [0.1, 0.15) is 55.1 Å². The lowest BCUT2D eigenvalue weighted by Gasteiger charge is -2.08. The monoisotopic (exact) mass is 638 g/mol. The normalized spacial score (nSPS) is 11.9. The Morgan fingerprint density at radius 2 is 0.857 bits per heavy atom. The highest BCUT2D eigenvalue weighted by molar-refractivity contribution is 6.05. The maximum absolute atomic E-state index is 12.8. The van der Waals surface area contributed by atoms with Gasteiger partial charge in [0.1, 0.15) is 0 Å². The van der Waals surface area contributed by atoms with E-state index < -0.39 is 0 Å². The van der Waals surface area contributed by atoms with Crippen molar-refractivity contribution in [3.8, 4) is 33.4 Å². The summed E-state index contributed by atoms with van der Waals surface area (Å²) < 4.78 is 0. The Hall–Kier alpha value is -5.94. The maximum atomic E-state index is 12.8. The van der Waals surface area contributed by atoms with Gasteiger partial charge in [-0.2, -0.15) is 0 Å². The number of aromatic nitrogens is 4. The first-order valence-corrected chi connectivity index (χ1v) is 16.7. The van der Waals surface area contributed by atoms with E-state index in [-0.39, 0.29) is 0 Å². The molecule has 5 nitrogen and oxygen atoms in total. The van der Waals surface area contributed by atoms with Gasteiger partial charge in [-0.15, -0.1) is 0 Å². The molecule has 3 N–H and O–H groups in total. The zero-order valence-electron chi connectivity index (χ0n) is 28.7. The molecular weight excluding hydrogens is 601 g/mol. The van der Waals surface area contributed by atoms with Gasteiger partial charge in [-0.3, -0.25) is 4.79 Å². The fourth-order valence-electron chi connectivity index (χ4n) is 7.62. The Balaban J connectivity index is 1.61. The Morgan fingerprint density at radius 1 is 0.449 bits per heavy atom. The fraction of sp³-hybridized carbons (Fsp3) is 0.136. The van der Waals surface area contributed by atoms with E-state index in [1.165, 1.54) is 22.3 Å². The molecule has 3 aromatic carbocycles. The number of nitrogens with one attached hydrogen (secondary N) is 3. The van der Waals surface area contributed by atoms with Crippen LogP contribution >= 0.6 is 0 Å².